The fraction of sp³-hybridized carbons (Fsp3) is 0.385. The topological polar surface area (TPSA) is 94.6 Å². The third kappa shape index (κ3) is 3.97. The van der Waals surface area contributed by atoms with Crippen LogP contribution >= 0.6 is 11.3 Å². The first kappa shape index (κ1) is 23.4. The molecule has 8 nitrogen and oxygen atoms in total. The van der Waals surface area contributed by atoms with Crippen molar-refractivity contribution >= 4 is 43.8 Å². The molecule has 1 spiro atoms. The third-order valence-electron chi connectivity index (χ3n) is 7.73. The Morgan fingerprint density at radius 1 is 1.17 bits per heavy atom. The Balaban J connectivity index is 0.00000280. The Hall–Kier alpha value is -2.95. The quantitative estimate of drug-likeness (QED) is 0.527. The number of anilines is 3. The van der Waals surface area contributed by atoms with Crippen LogP contribution in [-0.2, 0) is 20.2 Å². The average molecular weight is 526 g/mol. The molecule has 0 bridgehead atoms. The molecule has 1 amide bonds. The molecule has 0 saturated carbocycles. The van der Waals surface area contributed by atoms with Gasteiger partial charge in [0, 0.05) is 42.9 Å². The molecule has 3 aromatic rings. The maximum absolute atomic E-state index is 13.7. The van der Waals surface area contributed by atoms with Crippen LogP contribution in [0.1, 0.15) is 31.8 Å². The largest absolute Gasteiger partial charge is 0.358 e. The Kier molecular flexibility index (Phi) is 5.77. The number of piperidine rings is 1. The van der Waals surface area contributed by atoms with Crippen molar-refractivity contribution in [3.63, 3.8) is 0 Å². The maximum atomic E-state index is 13.7. The Morgan fingerprint density at radius 2 is 1.94 bits per heavy atom. The Labute approximate surface area is 216 Å². The smallest absolute Gasteiger partial charge is 0.263 e. The number of nitrogens with one attached hydrogen (secondary N) is 2. The maximum Gasteiger partial charge on any atom is 0.263 e. The first-order valence-corrected chi connectivity index (χ1v) is 14.6. The molecule has 10 heteroatoms. The fourth-order valence-corrected chi connectivity index (χ4v) is 7.68. The van der Waals surface area contributed by atoms with Crippen molar-refractivity contribution in [2.45, 2.75) is 42.5 Å². The third-order valence-corrected chi connectivity index (χ3v) is 9.91. The van der Waals surface area contributed by atoms with E-state index in [1.54, 1.807) is 40.7 Å². The number of nitrogens with zero attached hydrogens (tertiary/aromatic N) is 3. The summed E-state index contributed by atoms with van der Waals surface area (Å²) in [5, 5.41) is 5.52. The van der Waals surface area contributed by atoms with Crippen LogP contribution < -0.4 is 19.8 Å². The molecule has 2 aromatic carbocycles. The van der Waals surface area contributed by atoms with Crippen molar-refractivity contribution in [1.82, 2.24) is 10.3 Å². The molecule has 1 atom stereocenters. The Morgan fingerprint density at radius 3 is 2.67 bits per heavy atom. The van der Waals surface area contributed by atoms with Crippen molar-refractivity contribution in [3.05, 3.63) is 65.2 Å². The van der Waals surface area contributed by atoms with Crippen LogP contribution in [0.3, 0.4) is 0 Å². The van der Waals surface area contributed by atoms with E-state index < -0.39 is 10.0 Å². The lowest BCUT2D eigenvalue weighted by atomic mass is 9.74. The van der Waals surface area contributed by atoms with E-state index in [-0.39, 0.29) is 23.7 Å². The number of benzene rings is 2. The minimum atomic E-state index is -3.73. The van der Waals surface area contributed by atoms with Crippen molar-refractivity contribution in [2.24, 2.45) is 0 Å². The van der Waals surface area contributed by atoms with Gasteiger partial charge < -0.3 is 15.1 Å². The summed E-state index contributed by atoms with van der Waals surface area (Å²) >= 11 is 1.22. The van der Waals surface area contributed by atoms with E-state index in [4.69, 9.17) is 0 Å². The van der Waals surface area contributed by atoms with Gasteiger partial charge in [-0.15, -0.1) is 11.3 Å². The molecule has 1 aromatic heterocycles. The number of carbonyl (C=O) groups is 1. The van der Waals surface area contributed by atoms with Gasteiger partial charge in [-0.05, 0) is 75.2 Å². The van der Waals surface area contributed by atoms with Gasteiger partial charge in [0.25, 0.3) is 10.0 Å². The molecule has 3 aliphatic rings. The second-order valence-corrected chi connectivity index (χ2v) is 12.5. The summed E-state index contributed by atoms with van der Waals surface area (Å²) < 4.78 is 27.8. The zero-order valence-corrected chi connectivity index (χ0v) is 21.7. The molecule has 3 aliphatic heterocycles. The molecule has 2 saturated heterocycles. The van der Waals surface area contributed by atoms with Gasteiger partial charge in [0.15, 0.2) is 5.13 Å². The Bertz CT molecular complexity index is 1390. The standard InChI is InChI=1S/C26H29N5O3S2.H2/c1-18-2-7-22-21(16-18)26(9-11-27-12-10-26)17-31(22)23-8-14-30(24(23)32)19-3-5-20(6-4-19)36(33,34)29-25-28-13-15-35-25;/h2-7,13,15-16,23,27H,8-12,14,17H2,1H3,(H,28,29);1H/t23-;/m0./s1. The highest BCUT2D eigenvalue weighted by atomic mass is 32.2. The summed E-state index contributed by atoms with van der Waals surface area (Å²) in [7, 11) is -3.73. The van der Waals surface area contributed by atoms with Gasteiger partial charge in [0.05, 0.1) is 4.90 Å². The van der Waals surface area contributed by atoms with Crippen molar-refractivity contribution in [3.8, 4) is 0 Å². The summed E-state index contributed by atoms with van der Waals surface area (Å²) in [5.41, 5.74) is 4.65. The summed E-state index contributed by atoms with van der Waals surface area (Å²) in [6.45, 7) is 5.62. The molecule has 0 unspecified atom stereocenters. The zero-order chi connectivity index (χ0) is 24.9. The minimum absolute atomic E-state index is 0. The molecule has 0 aliphatic carbocycles. The van der Waals surface area contributed by atoms with Gasteiger partial charge >= 0.3 is 0 Å². The van der Waals surface area contributed by atoms with E-state index in [9.17, 15) is 13.2 Å². The van der Waals surface area contributed by atoms with Crippen molar-refractivity contribution in [2.75, 3.05) is 40.7 Å². The minimum Gasteiger partial charge on any atom is -0.358 e. The van der Waals surface area contributed by atoms with Crippen molar-refractivity contribution < 1.29 is 14.6 Å². The SMILES string of the molecule is Cc1ccc2c(c1)C1(CCNCC1)CN2[C@H]1CCN(c2ccc(S(=O)(=O)Nc3nccs3)cc2)C1=O.[HH]. The first-order chi connectivity index (χ1) is 17.4. The molecular weight excluding hydrogens is 494 g/mol. The lowest BCUT2D eigenvalue weighted by Gasteiger charge is -2.36. The normalized spacial score (nSPS) is 21.2. The number of rotatable bonds is 5. The highest BCUT2D eigenvalue weighted by Crippen LogP contribution is 2.48. The number of aryl methyl sites for hydroxylation is 1. The summed E-state index contributed by atoms with van der Waals surface area (Å²) in [6, 6.07) is 13.0. The van der Waals surface area contributed by atoms with E-state index in [0.717, 1.165) is 44.6 Å². The number of hydrogen-bond donors (Lipinski definition) is 2. The monoisotopic (exact) mass is 525 g/mol. The lowest BCUT2D eigenvalue weighted by Crippen LogP contribution is -2.47. The number of fused-ring (bicyclic) bond motifs is 2. The van der Waals surface area contributed by atoms with Gasteiger partial charge in [-0.3, -0.25) is 9.52 Å². The van der Waals surface area contributed by atoms with E-state index in [1.165, 1.54) is 28.2 Å². The zero-order valence-electron chi connectivity index (χ0n) is 20.1. The molecule has 6 rings (SSSR count). The average Bonchev–Trinajstić information content (AvgIpc) is 3.59. The van der Waals surface area contributed by atoms with Gasteiger partial charge in [0.1, 0.15) is 6.04 Å². The van der Waals surface area contributed by atoms with E-state index in [1.807, 2.05) is 0 Å². The number of hydrogen-bond acceptors (Lipinski definition) is 7. The summed E-state index contributed by atoms with van der Waals surface area (Å²) in [4.78, 5) is 21.9. The van der Waals surface area contributed by atoms with Gasteiger partial charge in [0.2, 0.25) is 5.91 Å². The number of carbonyl (C=O) groups excluding carboxylic acids is 1. The van der Waals surface area contributed by atoms with Gasteiger partial charge in [-0.25, -0.2) is 13.4 Å². The van der Waals surface area contributed by atoms with Crippen LogP contribution in [0.15, 0.2) is 58.9 Å². The number of amides is 1. The summed E-state index contributed by atoms with van der Waals surface area (Å²) in [6.07, 6.45) is 4.45. The van der Waals surface area contributed by atoms with Crippen LogP contribution in [0.25, 0.3) is 0 Å². The second-order valence-electron chi connectivity index (χ2n) is 9.91. The second kappa shape index (κ2) is 8.86. The van der Waals surface area contributed by atoms with E-state index in [2.05, 4.69) is 45.0 Å². The number of aromatic nitrogens is 1. The fourth-order valence-electron chi connectivity index (χ4n) is 5.90. The molecule has 190 valence electrons. The summed E-state index contributed by atoms with van der Waals surface area (Å²) in [5.74, 6) is 0.0732. The predicted octanol–water partition coefficient (Wildman–Crippen LogP) is 3.75. The van der Waals surface area contributed by atoms with Gasteiger partial charge in [-0.2, -0.15) is 0 Å². The predicted molar refractivity (Wildman–Crippen MR) is 145 cm³/mol. The van der Waals surface area contributed by atoms with E-state index >= 15 is 0 Å². The van der Waals surface area contributed by atoms with Crippen LogP contribution in [0.5, 0.6) is 0 Å². The van der Waals surface area contributed by atoms with Crippen molar-refractivity contribution in [1.29, 1.82) is 0 Å². The number of sulfonamides is 1. The molecule has 36 heavy (non-hydrogen) atoms. The molecule has 2 N–H and O–H groups in total. The molecular formula is C26H31N5O3S2. The van der Waals surface area contributed by atoms with Crippen LogP contribution in [0, 0.1) is 6.92 Å². The van der Waals surface area contributed by atoms with Crippen LogP contribution in [0.4, 0.5) is 16.5 Å². The molecule has 2 fully saturated rings. The lowest BCUT2D eigenvalue weighted by molar-refractivity contribution is -0.118. The highest BCUT2D eigenvalue weighted by Gasteiger charge is 2.48. The van der Waals surface area contributed by atoms with Crippen LogP contribution in [0.2, 0.25) is 0 Å². The highest BCUT2D eigenvalue weighted by molar-refractivity contribution is 7.93. The van der Waals surface area contributed by atoms with E-state index in [0.29, 0.717) is 11.7 Å². The molecule has 0 radical (unpaired) electrons. The van der Waals surface area contributed by atoms with Crippen LogP contribution in [-0.4, -0.2) is 51.5 Å². The first-order valence-electron chi connectivity index (χ1n) is 12.3. The van der Waals surface area contributed by atoms with Gasteiger partial charge in [-0.1, -0.05) is 17.7 Å². The molecule has 4 heterocycles. The number of thiazole rings is 1.